The first kappa shape index (κ1) is 15.5. The van der Waals surface area contributed by atoms with E-state index in [4.69, 9.17) is 0 Å². The molecule has 0 aliphatic rings. The van der Waals surface area contributed by atoms with E-state index in [1.54, 1.807) is 6.07 Å². The van der Waals surface area contributed by atoms with Crippen LogP contribution in [0.2, 0.25) is 0 Å². The van der Waals surface area contributed by atoms with Crippen molar-refractivity contribution < 1.29 is 9.50 Å². The molecule has 0 saturated heterocycles. The number of benzene rings is 3. The number of phenols is 1. The Morgan fingerprint density at radius 3 is 2.57 bits per heavy atom. The number of nitrogens with zero attached hydrogens (tertiary/aromatic N) is 1. The third kappa shape index (κ3) is 3.20. The summed E-state index contributed by atoms with van der Waals surface area (Å²) >= 11 is 0. The Bertz CT molecular complexity index is 825. The fourth-order valence-electron chi connectivity index (χ4n) is 2.92. The summed E-state index contributed by atoms with van der Waals surface area (Å²) in [5.74, 6) is -0.419. The lowest BCUT2D eigenvalue weighted by molar-refractivity contribution is 0.251. The van der Waals surface area contributed by atoms with Gasteiger partial charge in [-0.2, -0.15) is 0 Å². The number of fused-ring (bicyclic) bond motifs is 1. The summed E-state index contributed by atoms with van der Waals surface area (Å²) in [7, 11) is 1.98. The van der Waals surface area contributed by atoms with E-state index in [1.165, 1.54) is 22.4 Å². The molecule has 118 valence electrons. The molecule has 3 aromatic rings. The Labute approximate surface area is 135 Å². The molecule has 0 aliphatic carbocycles. The van der Waals surface area contributed by atoms with Gasteiger partial charge in [0.25, 0.3) is 0 Å². The van der Waals surface area contributed by atoms with Gasteiger partial charge in [0.2, 0.25) is 0 Å². The molecule has 0 unspecified atom stereocenters. The maximum atomic E-state index is 13.9. The van der Waals surface area contributed by atoms with E-state index in [0.717, 1.165) is 6.07 Å². The number of hydrogen-bond donors (Lipinski definition) is 1. The third-order valence-electron chi connectivity index (χ3n) is 4.39. The van der Waals surface area contributed by atoms with E-state index < -0.39 is 0 Å². The third-order valence-corrected chi connectivity index (χ3v) is 4.39. The van der Waals surface area contributed by atoms with Gasteiger partial charge in [0.1, 0.15) is 11.6 Å². The fourth-order valence-corrected chi connectivity index (χ4v) is 2.92. The van der Waals surface area contributed by atoms with Crippen LogP contribution < -0.4 is 0 Å². The quantitative estimate of drug-likeness (QED) is 0.742. The molecule has 0 amide bonds. The molecule has 0 fully saturated rings. The van der Waals surface area contributed by atoms with Gasteiger partial charge in [-0.15, -0.1) is 0 Å². The average molecular weight is 309 g/mol. The number of halogens is 1. The Balaban J connectivity index is 1.88. The lowest BCUT2D eigenvalue weighted by Gasteiger charge is -2.26. The molecular weight excluding hydrogens is 289 g/mol. The summed E-state index contributed by atoms with van der Waals surface area (Å²) in [5, 5.41) is 11.8. The molecular formula is C20H20FNO. The number of aromatic hydroxyl groups is 1. The molecule has 2 nitrogen and oxygen atoms in total. The minimum Gasteiger partial charge on any atom is -0.508 e. The van der Waals surface area contributed by atoms with Gasteiger partial charge in [-0.1, -0.05) is 48.5 Å². The molecule has 3 rings (SSSR count). The van der Waals surface area contributed by atoms with Crippen LogP contribution in [0, 0.1) is 5.82 Å². The topological polar surface area (TPSA) is 23.5 Å². The molecule has 0 spiro atoms. The van der Waals surface area contributed by atoms with Crippen molar-refractivity contribution in [3.05, 3.63) is 77.6 Å². The van der Waals surface area contributed by atoms with Crippen LogP contribution >= 0.6 is 0 Å². The lowest BCUT2D eigenvalue weighted by Crippen LogP contribution is -2.22. The van der Waals surface area contributed by atoms with E-state index in [9.17, 15) is 9.50 Å². The summed E-state index contributed by atoms with van der Waals surface area (Å²) in [4.78, 5) is 2.11. The van der Waals surface area contributed by atoms with E-state index in [-0.39, 0.29) is 17.6 Å². The number of phenolic OH excluding ortho intramolecular Hbond substituents is 1. The Morgan fingerprint density at radius 1 is 1.04 bits per heavy atom. The van der Waals surface area contributed by atoms with Gasteiger partial charge in [-0.05, 0) is 36.4 Å². The molecule has 0 aromatic heterocycles. The zero-order valence-corrected chi connectivity index (χ0v) is 13.3. The summed E-state index contributed by atoms with van der Waals surface area (Å²) in [6, 6.07) is 19.0. The van der Waals surface area contributed by atoms with E-state index in [1.807, 2.05) is 19.2 Å². The van der Waals surface area contributed by atoms with Crippen LogP contribution in [0.25, 0.3) is 10.8 Å². The van der Waals surface area contributed by atoms with Crippen molar-refractivity contribution in [2.24, 2.45) is 0 Å². The Kier molecular flexibility index (Phi) is 4.30. The van der Waals surface area contributed by atoms with Crippen molar-refractivity contribution in [3.8, 4) is 5.75 Å². The zero-order valence-electron chi connectivity index (χ0n) is 13.3. The van der Waals surface area contributed by atoms with Crippen LogP contribution in [0.3, 0.4) is 0 Å². The molecule has 0 radical (unpaired) electrons. The normalized spacial score (nSPS) is 12.7. The van der Waals surface area contributed by atoms with Crippen LogP contribution in [0.15, 0.2) is 60.7 Å². The number of hydrogen-bond acceptors (Lipinski definition) is 2. The first-order valence-electron chi connectivity index (χ1n) is 7.71. The highest BCUT2D eigenvalue weighted by Crippen LogP contribution is 2.28. The number of rotatable bonds is 4. The van der Waals surface area contributed by atoms with E-state index in [0.29, 0.717) is 12.1 Å². The molecule has 1 N–H and O–H groups in total. The van der Waals surface area contributed by atoms with E-state index in [2.05, 4.69) is 42.2 Å². The van der Waals surface area contributed by atoms with Crippen LogP contribution in [-0.4, -0.2) is 17.1 Å². The smallest absolute Gasteiger partial charge is 0.131 e. The zero-order chi connectivity index (χ0) is 16.4. The monoisotopic (exact) mass is 309 g/mol. The molecule has 3 aromatic carbocycles. The Morgan fingerprint density at radius 2 is 1.78 bits per heavy atom. The van der Waals surface area contributed by atoms with Crippen LogP contribution in [0.4, 0.5) is 4.39 Å². The van der Waals surface area contributed by atoms with Gasteiger partial charge >= 0.3 is 0 Å². The van der Waals surface area contributed by atoms with Crippen molar-refractivity contribution in [3.63, 3.8) is 0 Å². The lowest BCUT2D eigenvalue weighted by atomic mass is 9.98. The second-order valence-electron chi connectivity index (χ2n) is 5.94. The standard InChI is InChI=1S/C20H20FNO/c1-14(18-9-5-7-15-6-3-4-8-19(15)18)22(2)13-16-10-11-17(23)12-20(16)21/h3-12,14,23H,13H2,1-2H3/t14-/m1/s1. The molecule has 0 bridgehead atoms. The predicted molar refractivity (Wildman–Crippen MR) is 91.9 cm³/mol. The molecule has 1 atom stereocenters. The first-order valence-corrected chi connectivity index (χ1v) is 7.71. The highest BCUT2D eigenvalue weighted by atomic mass is 19.1. The molecule has 0 heterocycles. The molecule has 0 saturated carbocycles. The maximum Gasteiger partial charge on any atom is 0.131 e. The van der Waals surface area contributed by atoms with Gasteiger partial charge in [-0.25, -0.2) is 4.39 Å². The van der Waals surface area contributed by atoms with Crippen molar-refractivity contribution in [2.75, 3.05) is 7.05 Å². The van der Waals surface area contributed by atoms with Gasteiger partial charge in [0.05, 0.1) is 0 Å². The fraction of sp³-hybridized carbons (Fsp3) is 0.200. The summed E-state index contributed by atoms with van der Waals surface area (Å²) in [5.41, 5.74) is 1.81. The van der Waals surface area contributed by atoms with E-state index >= 15 is 0 Å². The largest absolute Gasteiger partial charge is 0.508 e. The van der Waals surface area contributed by atoms with Gasteiger partial charge < -0.3 is 5.11 Å². The van der Waals surface area contributed by atoms with Crippen molar-refractivity contribution in [1.82, 2.24) is 4.90 Å². The van der Waals surface area contributed by atoms with Crippen molar-refractivity contribution in [2.45, 2.75) is 19.5 Å². The summed E-state index contributed by atoms with van der Waals surface area (Å²) < 4.78 is 13.9. The van der Waals surface area contributed by atoms with Crippen LogP contribution in [0.1, 0.15) is 24.1 Å². The second-order valence-corrected chi connectivity index (χ2v) is 5.94. The highest BCUT2D eigenvalue weighted by molar-refractivity contribution is 5.86. The second kappa shape index (κ2) is 6.39. The SMILES string of the molecule is C[C@H](c1cccc2ccccc12)N(C)Cc1ccc(O)cc1F. The minimum absolute atomic E-state index is 0.0454. The van der Waals surface area contributed by atoms with Crippen molar-refractivity contribution in [1.29, 1.82) is 0 Å². The van der Waals surface area contributed by atoms with Crippen LogP contribution in [-0.2, 0) is 6.54 Å². The molecule has 0 aliphatic heterocycles. The molecule has 23 heavy (non-hydrogen) atoms. The predicted octanol–water partition coefficient (Wildman–Crippen LogP) is 4.88. The summed E-state index contributed by atoms with van der Waals surface area (Å²) in [6.07, 6.45) is 0. The minimum atomic E-state index is -0.373. The van der Waals surface area contributed by atoms with Gasteiger partial charge in [0.15, 0.2) is 0 Å². The maximum absolute atomic E-state index is 13.9. The average Bonchev–Trinajstić information content (AvgIpc) is 2.56. The van der Waals surface area contributed by atoms with Gasteiger partial charge in [-0.3, -0.25) is 4.90 Å². The van der Waals surface area contributed by atoms with Crippen molar-refractivity contribution >= 4 is 10.8 Å². The van der Waals surface area contributed by atoms with Crippen LogP contribution in [0.5, 0.6) is 5.75 Å². The Hall–Kier alpha value is -2.39. The summed E-state index contributed by atoms with van der Waals surface area (Å²) in [6.45, 7) is 2.61. The first-order chi connectivity index (χ1) is 11.1. The molecule has 3 heteroatoms. The highest BCUT2D eigenvalue weighted by Gasteiger charge is 2.16. The van der Waals surface area contributed by atoms with Gasteiger partial charge in [0, 0.05) is 24.2 Å².